The highest BCUT2D eigenvalue weighted by molar-refractivity contribution is 7.91. The lowest BCUT2D eigenvalue weighted by Crippen LogP contribution is -2.23. The van der Waals surface area contributed by atoms with Gasteiger partial charge in [0.1, 0.15) is 17.8 Å². The van der Waals surface area contributed by atoms with Crippen molar-refractivity contribution in [3.05, 3.63) is 77.2 Å². The lowest BCUT2D eigenvalue weighted by Gasteiger charge is -2.10. The van der Waals surface area contributed by atoms with Gasteiger partial charge in [0.2, 0.25) is 0 Å². The Morgan fingerprint density at radius 1 is 0.951 bits per heavy atom. The van der Waals surface area contributed by atoms with Gasteiger partial charge in [-0.3, -0.25) is 0 Å². The number of pyridine rings is 1. The zero-order chi connectivity index (χ0) is 29.7. The van der Waals surface area contributed by atoms with Crippen molar-refractivity contribution in [3.8, 4) is 28.6 Å². The number of benzene rings is 1. The van der Waals surface area contributed by atoms with E-state index in [1.807, 2.05) is 0 Å². The minimum absolute atomic E-state index is 0.118. The lowest BCUT2D eigenvalue weighted by atomic mass is 10.2. The third-order valence-electron chi connectivity index (χ3n) is 5.65. The van der Waals surface area contributed by atoms with Gasteiger partial charge in [-0.1, -0.05) is 6.92 Å². The molecule has 4 heterocycles. The van der Waals surface area contributed by atoms with Crippen molar-refractivity contribution >= 4 is 15.5 Å². The van der Waals surface area contributed by atoms with E-state index in [0.717, 1.165) is 44.5 Å². The molecule has 0 saturated carbocycles. The van der Waals surface area contributed by atoms with E-state index in [2.05, 4.69) is 24.9 Å². The smallest absolute Gasteiger partial charge is 0.406 e. The van der Waals surface area contributed by atoms with Crippen molar-refractivity contribution in [1.29, 1.82) is 0 Å². The fraction of sp³-hybridized carbons (Fsp3) is 0.174. The van der Waals surface area contributed by atoms with E-state index in [1.54, 1.807) is 0 Å². The second kappa shape index (κ2) is 9.72. The van der Waals surface area contributed by atoms with Gasteiger partial charge >= 0.3 is 18.2 Å². The van der Waals surface area contributed by atoms with E-state index in [1.165, 1.54) is 31.2 Å². The molecule has 0 aliphatic rings. The van der Waals surface area contributed by atoms with Crippen LogP contribution in [0, 0.1) is 0 Å². The molecule has 11 nitrogen and oxygen atoms in total. The summed E-state index contributed by atoms with van der Waals surface area (Å²) in [6, 6.07) is 8.62. The van der Waals surface area contributed by atoms with E-state index >= 15 is 0 Å². The Balaban J connectivity index is 1.59. The Hall–Kier alpha value is -4.74. The molecule has 5 rings (SSSR count). The molecular weight excluding hydrogens is 584 g/mol. The molecule has 0 unspecified atom stereocenters. The average molecular weight is 599 g/mol. The van der Waals surface area contributed by atoms with Gasteiger partial charge in [-0.2, -0.15) is 28.1 Å². The maximum Gasteiger partial charge on any atom is 0.573 e. The first-order chi connectivity index (χ1) is 19.2. The topological polar surface area (TPSA) is 126 Å². The van der Waals surface area contributed by atoms with Gasteiger partial charge < -0.3 is 4.74 Å². The first-order valence-electron chi connectivity index (χ1n) is 11.4. The zero-order valence-corrected chi connectivity index (χ0v) is 21.2. The summed E-state index contributed by atoms with van der Waals surface area (Å²) >= 11 is 0. The Morgan fingerprint density at radius 3 is 2.29 bits per heavy atom. The van der Waals surface area contributed by atoms with Crippen molar-refractivity contribution in [2.24, 2.45) is 0 Å². The predicted molar refractivity (Wildman–Crippen MR) is 128 cm³/mol. The number of ether oxygens (including phenoxy) is 1. The quantitative estimate of drug-likeness (QED) is 0.270. The number of hydrogen-bond donors (Lipinski definition) is 0. The third kappa shape index (κ3) is 5.49. The number of sulfone groups is 1. The van der Waals surface area contributed by atoms with E-state index in [-0.39, 0.29) is 39.2 Å². The summed E-state index contributed by atoms with van der Waals surface area (Å²) in [5.41, 5.74) is -2.49. The molecule has 0 aliphatic carbocycles. The van der Waals surface area contributed by atoms with Gasteiger partial charge in [0.15, 0.2) is 27.0 Å². The number of nitrogens with zero attached hydrogens (tertiary/aromatic N) is 7. The summed E-state index contributed by atoms with van der Waals surface area (Å²) in [4.78, 5) is 21.2. The predicted octanol–water partition coefficient (Wildman–Crippen LogP) is 3.84. The zero-order valence-electron chi connectivity index (χ0n) is 20.4. The van der Waals surface area contributed by atoms with E-state index < -0.39 is 39.5 Å². The van der Waals surface area contributed by atoms with Gasteiger partial charge in [0.05, 0.1) is 22.0 Å². The highest BCUT2D eigenvalue weighted by Crippen LogP contribution is 2.30. The number of aromatic nitrogens is 7. The van der Waals surface area contributed by atoms with Gasteiger partial charge in [0.25, 0.3) is 0 Å². The van der Waals surface area contributed by atoms with Crippen LogP contribution in [-0.4, -0.2) is 54.5 Å². The monoisotopic (exact) mass is 599 g/mol. The average Bonchev–Trinajstić information content (AvgIpc) is 3.51. The van der Waals surface area contributed by atoms with Crippen molar-refractivity contribution in [2.75, 3.05) is 5.75 Å². The number of halogens is 6. The molecule has 0 spiro atoms. The van der Waals surface area contributed by atoms with Crippen molar-refractivity contribution in [1.82, 2.24) is 33.9 Å². The van der Waals surface area contributed by atoms with Crippen molar-refractivity contribution in [2.45, 2.75) is 24.4 Å². The van der Waals surface area contributed by atoms with Crippen LogP contribution in [0.1, 0.15) is 12.6 Å². The van der Waals surface area contributed by atoms with E-state index in [0.29, 0.717) is 6.07 Å². The van der Waals surface area contributed by atoms with Crippen LogP contribution in [0.15, 0.2) is 70.7 Å². The number of rotatable bonds is 6. The molecular formula is C23H15F6N7O4S. The molecule has 0 saturated heterocycles. The fourth-order valence-corrected chi connectivity index (χ4v) is 4.77. The van der Waals surface area contributed by atoms with Crippen LogP contribution in [0.5, 0.6) is 5.75 Å². The Kier molecular flexibility index (Phi) is 6.59. The van der Waals surface area contributed by atoms with Gasteiger partial charge in [0, 0.05) is 12.3 Å². The van der Waals surface area contributed by atoms with Crippen LogP contribution in [0.4, 0.5) is 26.3 Å². The molecule has 4 aromatic heterocycles. The molecule has 214 valence electrons. The summed E-state index contributed by atoms with van der Waals surface area (Å²) < 4.78 is 109. The first-order valence-corrected chi connectivity index (χ1v) is 13.0. The molecule has 5 aromatic rings. The highest BCUT2D eigenvalue weighted by Gasteiger charge is 2.34. The van der Waals surface area contributed by atoms with Crippen LogP contribution < -0.4 is 10.4 Å². The number of hydrogen-bond acceptors (Lipinski definition) is 8. The molecule has 0 amide bonds. The van der Waals surface area contributed by atoms with Crippen LogP contribution in [0.25, 0.3) is 28.5 Å². The maximum absolute atomic E-state index is 13.1. The van der Waals surface area contributed by atoms with Crippen LogP contribution in [0.2, 0.25) is 0 Å². The second-order valence-corrected chi connectivity index (χ2v) is 10.5. The maximum atomic E-state index is 13.1. The van der Waals surface area contributed by atoms with Gasteiger partial charge in [-0.15, -0.1) is 13.2 Å². The molecule has 0 atom stereocenters. The molecule has 1 aromatic carbocycles. The Morgan fingerprint density at radius 2 is 1.66 bits per heavy atom. The SMILES string of the molecule is CCS(=O)(=O)c1ccc(-n2ncn(-c3ccc(OC(F)(F)F)cc3)c2=O)nc1-c1ccn2nc(C(F)(F)F)cc2n1. The van der Waals surface area contributed by atoms with Crippen molar-refractivity contribution in [3.63, 3.8) is 0 Å². The minimum Gasteiger partial charge on any atom is -0.406 e. The summed E-state index contributed by atoms with van der Waals surface area (Å²) in [7, 11) is -3.92. The summed E-state index contributed by atoms with van der Waals surface area (Å²) in [6.07, 6.45) is -7.43. The number of alkyl halides is 6. The largest absolute Gasteiger partial charge is 0.573 e. The molecule has 18 heteroatoms. The van der Waals surface area contributed by atoms with Gasteiger partial charge in [-0.05, 0) is 42.5 Å². The second-order valence-electron chi connectivity index (χ2n) is 8.30. The molecule has 0 fully saturated rings. The normalized spacial score (nSPS) is 12.7. The van der Waals surface area contributed by atoms with Gasteiger partial charge in [-0.25, -0.2) is 32.3 Å². The summed E-state index contributed by atoms with van der Waals surface area (Å²) in [5, 5.41) is 7.36. The highest BCUT2D eigenvalue weighted by atomic mass is 32.2. The third-order valence-corrected chi connectivity index (χ3v) is 7.41. The molecule has 0 radical (unpaired) electrons. The summed E-state index contributed by atoms with van der Waals surface area (Å²) in [5.74, 6) is -1.01. The van der Waals surface area contributed by atoms with E-state index in [4.69, 9.17) is 0 Å². The molecule has 0 aliphatic heterocycles. The van der Waals surface area contributed by atoms with Crippen LogP contribution >= 0.6 is 0 Å². The lowest BCUT2D eigenvalue weighted by molar-refractivity contribution is -0.274. The van der Waals surface area contributed by atoms with Crippen LogP contribution in [-0.2, 0) is 16.0 Å². The van der Waals surface area contributed by atoms with Crippen molar-refractivity contribution < 1.29 is 39.5 Å². The Labute approximate surface area is 225 Å². The number of fused-ring (bicyclic) bond motifs is 1. The summed E-state index contributed by atoms with van der Waals surface area (Å²) in [6.45, 7) is 1.38. The van der Waals surface area contributed by atoms with Crippen LogP contribution in [0.3, 0.4) is 0 Å². The molecule has 0 N–H and O–H groups in total. The minimum atomic E-state index is -4.90. The van der Waals surface area contributed by atoms with E-state index in [9.17, 15) is 39.6 Å². The first kappa shape index (κ1) is 27.8. The Bertz CT molecular complexity index is 1930. The molecule has 0 bridgehead atoms. The molecule has 41 heavy (non-hydrogen) atoms. The standard InChI is InChI=1S/C23H15F6N7O4S/c1-2-41(38,39)16-7-8-18(32-20(16)15-9-10-35-19(31-15)11-17(33-35)22(24,25)26)36-21(37)34(12-30-36)13-3-5-14(6-4-13)40-23(27,28)29/h3-12H,2H2,1H3. The fourth-order valence-electron chi connectivity index (χ4n) is 3.74.